The summed E-state index contributed by atoms with van der Waals surface area (Å²) in [4.78, 5) is 41.2. The Morgan fingerprint density at radius 2 is 1.08 bits per heavy atom. The van der Waals surface area contributed by atoms with Crippen molar-refractivity contribution in [2.24, 2.45) is 0 Å². The molecular weight excluding hydrogens is 894 g/mol. The molecule has 9 nitrogen and oxygen atoms in total. The second kappa shape index (κ2) is 17.4. The fraction of sp³-hybridized carbons (Fsp3) is 0.396. The molecule has 2 N–H and O–H groups in total. The number of likely N-dealkylation sites (N-methyl/N-ethyl adjacent to an activating group) is 1. The van der Waals surface area contributed by atoms with Crippen molar-refractivity contribution in [3.8, 4) is 12.1 Å². The van der Waals surface area contributed by atoms with E-state index in [-0.39, 0.29) is 22.4 Å². The SMILES string of the molecule is CCc1cc2c(cc1I)C(C)(C)c1[nH]c3cc(C#N)ccc3c1C2=O.CCc1cc2c(cc1N1CCN(C)CC1)C(C)(C)c1[nH]c3cc(C#N)ccc3c1C2=O.CN1CCCCC1. The molecule has 2 fully saturated rings. The highest BCUT2D eigenvalue weighted by Gasteiger charge is 2.42. The minimum absolute atomic E-state index is 0.0754. The minimum atomic E-state index is -0.335. The van der Waals surface area contributed by atoms with Crippen LogP contribution in [0.25, 0.3) is 21.8 Å². The van der Waals surface area contributed by atoms with E-state index >= 15 is 0 Å². The molecule has 324 valence electrons. The average molecular weight is 952 g/mol. The number of nitrogens with one attached hydrogen (secondary N) is 2. The van der Waals surface area contributed by atoms with Gasteiger partial charge in [-0.2, -0.15) is 10.5 Å². The highest BCUT2D eigenvalue weighted by molar-refractivity contribution is 14.1. The Labute approximate surface area is 385 Å². The number of aromatic amines is 2. The number of halogens is 1. The first-order chi connectivity index (χ1) is 30.1. The Morgan fingerprint density at radius 3 is 1.52 bits per heavy atom. The van der Waals surface area contributed by atoms with Crippen LogP contribution in [0, 0.1) is 26.2 Å². The number of aryl methyl sites for hydroxylation is 2. The number of piperazine rings is 1. The van der Waals surface area contributed by atoms with Gasteiger partial charge in [0.2, 0.25) is 0 Å². The van der Waals surface area contributed by atoms with E-state index in [1.54, 1.807) is 12.1 Å². The zero-order valence-corrected chi connectivity index (χ0v) is 40.1. The lowest BCUT2D eigenvalue weighted by Crippen LogP contribution is -2.45. The summed E-state index contributed by atoms with van der Waals surface area (Å²) >= 11 is 2.36. The maximum atomic E-state index is 13.7. The number of carbonyl (C=O) groups is 2. The number of likely N-dealkylation sites (tertiary alicyclic amines) is 1. The van der Waals surface area contributed by atoms with Crippen LogP contribution in [0.2, 0.25) is 0 Å². The van der Waals surface area contributed by atoms with Crippen LogP contribution in [0.5, 0.6) is 0 Å². The Bertz CT molecular complexity index is 2870. The third kappa shape index (κ3) is 7.89. The topological polar surface area (TPSA) is 123 Å². The number of hydrogen-bond acceptors (Lipinski definition) is 7. The maximum Gasteiger partial charge on any atom is 0.195 e. The Morgan fingerprint density at radius 1 is 0.619 bits per heavy atom. The molecule has 0 atom stereocenters. The van der Waals surface area contributed by atoms with Crippen LogP contribution >= 0.6 is 22.6 Å². The highest BCUT2D eigenvalue weighted by atomic mass is 127. The largest absolute Gasteiger partial charge is 0.369 e. The lowest BCUT2D eigenvalue weighted by molar-refractivity contribution is 0.102. The van der Waals surface area contributed by atoms with Gasteiger partial charge in [-0.1, -0.05) is 60.1 Å². The van der Waals surface area contributed by atoms with Crippen molar-refractivity contribution < 1.29 is 9.59 Å². The molecule has 0 unspecified atom stereocenters. The molecule has 0 saturated carbocycles. The number of anilines is 1. The van der Waals surface area contributed by atoms with Crippen LogP contribution in [-0.4, -0.2) is 84.7 Å². The first kappa shape index (κ1) is 44.3. The summed E-state index contributed by atoms with van der Waals surface area (Å²) in [6, 6.07) is 24.0. The van der Waals surface area contributed by atoms with Gasteiger partial charge in [0.25, 0.3) is 0 Å². The molecule has 6 aromatic rings. The molecule has 4 heterocycles. The lowest BCUT2D eigenvalue weighted by atomic mass is 9.70. The van der Waals surface area contributed by atoms with Gasteiger partial charge in [0.1, 0.15) is 0 Å². The van der Waals surface area contributed by atoms with Crippen molar-refractivity contribution >= 4 is 61.7 Å². The average Bonchev–Trinajstić information content (AvgIpc) is 3.88. The molecule has 2 aromatic heterocycles. The first-order valence-electron chi connectivity index (χ1n) is 22.5. The molecule has 4 aliphatic rings. The molecule has 63 heavy (non-hydrogen) atoms. The van der Waals surface area contributed by atoms with E-state index in [1.165, 1.54) is 52.7 Å². The van der Waals surface area contributed by atoms with Crippen molar-refractivity contribution in [3.05, 3.63) is 131 Å². The third-order valence-corrected chi connectivity index (χ3v) is 15.0. The molecule has 0 amide bonds. The predicted octanol–water partition coefficient (Wildman–Crippen LogP) is 10.4. The number of rotatable bonds is 3. The summed E-state index contributed by atoms with van der Waals surface area (Å²) in [7, 11) is 4.36. The number of benzene rings is 4. The monoisotopic (exact) mass is 951 g/mol. The van der Waals surface area contributed by atoms with E-state index in [0.717, 1.165) is 106 Å². The third-order valence-electron chi connectivity index (χ3n) is 14.0. The van der Waals surface area contributed by atoms with Crippen LogP contribution < -0.4 is 4.90 Å². The van der Waals surface area contributed by atoms with Gasteiger partial charge in [-0.15, -0.1) is 0 Å². The summed E-state index contributed by atoms with van der Waals surface area (Å²) in [5, 5.41) is 20.2. The number of H-pyrrole nitrogens is 2. The molecule has 4 aromatic carbocycles. The number of aromatic nitrogens is 2. The quantitative estimate of drug-likeness (QED) is 0.169. The number of fused-ring (bicyclic) bond motifs is 8. The smallest absolute Gasteiger partial charge is 0.195 e. The van der Waals surface area contributed by atoms with Crippen LogP contribution in [-0.2, 0) is 23.7 Å². The predicted molar refractivity (Wildman–Crippen MR) is 263 cm³/mol. The summed E-state index contributed by atoms with van der Waals surface area (Å²) in [6.07, 6.45) is 6.08. The minimum Gasteiger partial charge on any atom is -0.369 e. The van der Waals surface area contributed by atoms with Gasteiger partial charge in [0.05, 0.1) is 34.4 Å². The number of piperidine rings is 1. The molecule has 2 saturated heterocycles. The van der Waals surface area contributed by atoms with Gasteiger partial charge < -0.3 is 24.7 Å². The first-order valence-corrected chi connectivity index (χ1v) is 23.5. The molecule has 0 spiro atoms. The van der Waals surface area contributed by atoms with Gasteiger partial charge in [0.15, 0.2) is 11.6 Å². The fourth-order valence-electron chi connectivity index (χ4n) is 10.1. The molecule has 10 rings (SSSR count). The van der Waals surface area contributed by atoms with Crippen LogP contribution in [0.4, 0.5) is 5.69 Å². The summed E-state index contributed by atoms with van der Waals surface area (Å²) in [5.74, 6) is 0.159. The number of nitrogens with zero attached hydrogens (tertiary/aromatic N) is 5. The van der Waals surface area contributed by atoms with E-state index in [9.17, 15) is 14.9 Å². The standard InChI is InChI=1S/C26H28N4O.C21H17IN2O.C6H13N/c1-5-17-13-19-20(14-22(17)30-10-8-29(4)9-11-30)26(2,3)25-23(24(19)31)18-7-6-16(15-27)12-21(18)28-25;1-4-12-8-14-15(9-16(12)22)21(2,3)20-18(19(14)25)13-6-5-11(10-23)7-17(13)24-20;1-7-5-3-2-4-6-7/h6-7,12-14,28H,5,8-11H2,1-4H3;5-9,24H,4H2,1-3H3;2-6H2,1H3. The molecule has 2 aliphatic carbocycles. The van der Waals surface area contributed by atoms with Crippen molar-refractivity contribution in [1.82, 2.24) is 19.8 Å². The number of nitriles is 2. The fourth-order valence-corrected chi connectivity index (χ4v) is 10.9. The summed E-state index contributed by atoms with van der Waals surface area (Å²) < 4.78 is 1.20. The van der Waals surface area contributed by atoms with Crippen LogP contribution in [0.1, 0.15) is 137 Å². The number of hydrogen-bond donors (Lipinski definition) is 2. The second-order valence-corrected chi connectivity index (χ2v) is 19.9. The van der Waals surface area contributed by atoms with Gasteiger partial charge in [-0.05, 0) is 146 Å². The second-order valence-electron chi connectivity index (χ2n) is 18.8. The van der Waals surface area contributed by atoms with Crippen LogP contribution in [0.15, 0.2) is 60.7 Å². The number of ketones is 2. The van der Waals surface area contributed by atoms with Crippen molar-refractivity contribution in [1.29, 1.82) is 10.5 Å². The number of carbonyl (C=O) groups excluding carboxylic acids is 2. The van der Waals surface area contributed by atoms with Gasteiger partial charge in [-0.25, -0.2) is 0 Å². The van der Waals surface area contributed by atoms with Gasteiger partial charge >= 0.3 is 0 Å². The Balaban J connectivity index is 0.000000152. The molecule has 0 bridgehead atoms. The van der Waals surface area contributed by atoms with E-state index in [0.29, 0.717) is 11.1 Å². The van der Waals surface area contributed by atoms with Crippen molar-refractivity contribution in [2.75, 3.05) is 58.3 Å². The maximum absolute atomic E-state index is 13.7. The molecule has 0 radical (unpaired) electrons. The van der Waals surface area contributed by atoms with E-state index < -0.39 is 0 Å². The molecule has 10 heteroatoms. The van der Waals surface area contributed by atoms with E-state index in [1.807, 2.05) is 24.3 Å². The normalized spacial score (nSPS) is 17.6. The Hall–Kier alpha value is -5.27. The zero-order chi connectivity index (χ0) is 45.0. The Kier molecular flexibility index (Phi) is 12.2. The zero-order valence-electron chi connectivity index (χ0n) is 38.0. The van der Waals surface area contributed by atoms with Gasteiger partial charge in [0, 0.05) is 90.6 Å². The highest BCUT2D eigenvalue weighted by Crippen LogP contribution is 2.47. The lowest BCUT2D eigenvalue weighted by Gasteiger charge is -2.38. The van der Waals surface area contributed by atoms with Crippen molar-refractivity contribution in [2.45, 2.75) is 84.5 Å². The van der Waals surface area contributed by atoms with E-state index in [4.69, 9.17) is 5.26 Å². The van der Waals surface area contributed by atoms with Crippen LogP contribution in [0.3, 0.4) is 0 Å². The van der Waals surface area contributed by atoms with E-state index in [2.05, 4.69) is 139 Å². The van der Waals surface area contributed by atoms with Gasteiger partial charge in [-0.3, -0.25) is 9.59 Å². The van der Waals surface area contributed by atoms with Crippen molar-refractivity contribution in [3.63, 3.8) is 0 Å². The molecular formula is C53H58IN7O2. The summed E-state index contributed by atoms with van der Waals surface area (Å²) in [6.45, 7) is 19.7. The molecule has 2 aliphatic heterocycles. The summed E-state index contributed by atoms with van der Waals surface area (Å²) in [5.41, 5.74) is 13.1.